The highest BCUT2D eigenvalue weighted by atomic mass is 79.9. The zero-order valence-corrected chi connectivity index (χ0v) is 13.1. The maximum atomic E-state index is 5.45. The minimum atomic E-state index is 0.442. The largest absolute Gasteiger partial charge is 0.496 e. The van der Waals surface area contributed by atoms with Gasteiger partial charge in [-0.3, -0.25) is 4.90 Å². The molecule has 0 aromatic heterocycles. The number of halogens is 1. The third-order valence-electron chi connectivity index (χ3n) is 3.62. The van der Waals surface area contributed by atoms with Gasteiger partial charge in [0.2, 0.25) is 0 Å². The van der Waals surface area contributed by atoms with Gasteiger partial charge in [0.05, 0.1) is 7.11 Å². The zero-order valence-electron chi connectivity index (χ0n) is 11.5. The fourth-order valence-electron chi connectivity index (χ4n) is 2.79. The summed E-state index contributed by atoms with van der Waals surface area (Å²) in [5, 5.41) is 0. The molecule has 1 aromatic rings. The van der Waals surface area contributed by atoms with Gasteiger partial charge < -0.3 is 4.74 Å². The van der Waals surface area contributed by atoms with Gasteiger partial charge in [-0.05, 0) is 43.0 Å². The second-order valence-corrected chi connectivity index (χ2v) is 6.85. The van der Waals surface area contributed by atoms with Crippen molar-refractivity contribution in [2.24, 2.45) is 5.41 Å². The van der Waals surface area contributed by atoms with Gasteiger partial charge in [0.15, 0.2) is 0 Å². The van der Waals surface area contributed by atoms with E-state index in [0.717, 1.165) is 16.8 Å². The normalized spacial score (nSPS) is 19.8. The van der Waals surface area contributed by atoms with Gasteiger partial charge in [0.25, 0.3) is 0 Å². The molecule has 0 amide bonds. The molecule has 1 saturated heterocycles. The lowest BCUT2D eigenvalue weighted by molar-refractivity contribution is 0.111. The van der Waals surface area contributed by atoms with Gasteiger partial charge in [-0.1, -0.05) is 29.8 Å². The van der Waals surface area contributed by atoms with E-state index in [9.17, 15) is 0 Å². The molecule has 0 bridgehead atoms. The number of hydrogen-bond acceptors (Lipinski definition) is 2. The second-order valence-electron chi connectivity index (χ2n) is 5.93. The SMILES string of the molecule is COc1ccc(Br)cc1CN1CCCC(C)(C)C1. The Hall–Kier alpha value is -0.540. The van der Waals surface area contributed by atoms with Gasteiger partial charge in [-0.25, -0.2) is 0 Å². The van der Waals surface area contributed by atoms with Crippen LogP contribution in [0.3, 0.4) is 0 Å². The third-order valence-corrected chi connectivity index (χ3v) is 4.11. The molecule has 3 heteroatoms. The van der Waals surface area contributed by atoms with E-state index in [1.54, 1.807) is 7.11 Å². The Balaban J connectivity index is 2.11. The Morgan fingerprint density at radius 1 is 1.39 bits per heavy atom. The first kappa shape index (κ1) is 13.9. The molecule has 1 heterocycles. The Kier molecular flexibility index (Phi) is 4.33. The smallest absolute Gasteiger partial charge is 0.123 e. The van der Waals surface area contributed by atoms with Crippen LogP contribution in [-0.4, -0.2) is 25.1 Å². The summed E-state index contributed by atoms with van der Waals surface area (Å²) < 4.78 is 6.57. The average molecular weight is 312 g/mol. The van der Waals surface area contributed by atoms with Crippen LogP contribution in [0, 0.1) is 5.41 Å². The lowest BCUT2D eigenvalue weighted by Gasteiger charge is -2.38. The van der Waals surface area contributed by atoms with Crippen molar-refractivity contribution in [2.45, 2.75) is 33.2 Å². The number of nitrogens with zero attached hydrogens (tertiary/aromatic N) is 1. The highest BCUT2D eigenvalue weighted by molar-refractivity contribution is 9.10. The highest BCUT2D eigenvalue weighted by Crippen LogP contribution is 2.31. The maximum absolute atomic E-state index is 5.45. The third kappa shape index (κ3) is 3.48. The van der Waals surface area contributed by atoms with Crippen LogP contribution in [0.1, 0.15) is 32.3 Å². The Bertz CT molecular complexity index is 417. The van der Waals surface area contributed by atoms with Gasteiger partial charge >= 0.3 is 0 Å². The maximum Gasteiger partial charge on any atom is 0.123 e. The summed E-state index contributed by atoms with van der Waals surface area (Å²) in [4.78, 5) is 2.54. The molecule has 1 aliphatic heterocycles. The molecular weight excluding hydrogens is 290 g/mol. The molecule has 100 valence electrons. The van der Waals surface area contributed by atoms with E-state index in [1.807, 2.05) is 12.1 Å². The molecule has 0 radical (unpaired) electrons. The number of methoxy groups -OCH3 is 1. The van der Waals surface area contributed by atoms with E-state index < -0.39 is 0 Å². The minimum Gasteiger partial charge on any atom is -0.496 e. The molecule has 1 aliphatic rings. The van der Waals surface area contributed by atoms with Gasteiger partial charge in [-0.15, -0.1) is 0 Å². The molecule has 0 unspecified atom stereocenters. The van der Waals surface area contributed by atoms with Crippen molar-refractivity contribution < 1.29 is 4.74 Å². The molecule has 0 N–H and O–H groups in total. The van der Waals surface area contributed by atoms with Crippen LogP contribution < -0.4 is 4.74 Å². The summed E-state index contributed by atoms with van der Waals surface area (Å²) in [6.07, 6.45) is 2.63. The number of rotatable bonds is 3. The molecule has 1 fully saturated rings. The Morgan fingerprint density at radius 3 is 2.83 bits per heavy atom. The molecule has 2 rings (SSSR count). The molecule has 0 saturated carbocycles. The van der Waals surface area contributed by atoms with Crippen LogP contribution in [0.2, 0.25) is 0 Å². The van der Waals surface area contributed by atoms with Crippen LogP contribution in [0.15, 0.2) is 22.7 Å². The van der Waals surface area contributed by atoms with E-state index in [2.05, 4.69) is 40.7 Å². The summed E-state index contributed by atoms with van der Waals surface area (Å²) in [5.74, 6) is 0.988. The first-order chi connectivity index (χ1) is 8.50. The molecular formula is C15H22BrNO. The van der Waals surface area contributed by atoms with Crippen molar-refractivity contribution in [3.8, 4) is 5.75 Å². The monoisotopic (exact) mass is 311 g/mol. The molecule has 18 heavy (non-hydrogen) atoms. The average Bonchev–Trinajstić information content (AvgIpc) is 2.28. The second kappa shape index (κ2) is 5.62. The molecule has 1 aromatic carbocycles. The van der Waals surface area contributed by atoms with E-state index in [-0.39, 0.29) is 0 Å². The summed E-state index contributed by atoms with van der Waals surface area (Å²) in [5.41, 5.74) is 1.71. The fraction of sp³-hybridized carbons (Fsp3) is 0.600. The van der Waals surface area contributed by atoms with Crippen molar-refractivity contribution >= 4 is 15.9 Å². The van der Waals surface area contributed by atoms with Crippen molar-refractivity contribution in [3.63, 3.8) is 0 Å². The summed E-state index contributed by atoms with van der Waals surface area (Å²) in [7, 11) is 1.74. The van der Waals surface area contributed by atoms with E-state index in [4.69, 9.17) is 4.74 Å². The summed E-state index contributed by atoms with van der Waals surface area (Å²) >= 11 is 3.54. The van der Waals surface area contributed by atoms with Gasteiger partial charge in [0, 0.05) is 23.1 Å². The molecule has 2 nitrogen and oxygen atoms in total. The van der Waals surface area contributed by atoms with Crippen LogP contribution in [0.25, 0.3) is 0 Å². The van der Waals surface area contributed by atoms with Crippen molar-refractivity contribution in [1.82, 2.24) is 4.90 Å². The number of piperidine rings is 1. The number of benzene rings is 1. The Labute approximate surface area is 118 Å². The van der Waals surface area contributed by atoms with Crippen LogP contribution in [0.5, 0.6) is 5.75 Å². The summed E-state index contributed by atoms with van der Waals surface area (Å²) in [6.45, 7) is 8.06. The van der Waals surface area contributed by atoms with E-state index in [0.29, 0.717) is 5.41 Å². The lowest BCUT2D eigenvalue weighted by atomic mass is 9.84. The van der Waals surface area contributed by atoms with Crippen molar-refractivity contribution in [1.29, 1.82) is 0 Å². The number of likely N-dealkylation sites (tertiary alicyclic amines) is 1. The molecule has 0 aliphatic carbocycles. The summed E-state index contributed by atoms with van der Waals surface area (Å²) in [6, 6.07) is 6.23. The van der Waals surface area contributed by atoms with Crippen molar-refractivity contribution in [2.75, 3.05) is 20.2 Å². The first-order valence-corrected chi connectivity index (χ1v) is 7.34. The molecule has 0 atom stereocenters. The van der Waals surface area contributed by atoms with E-state index in [1.165, 1.54) is 31.5 Å². The first-order valence-electron chi connectivity index (χ1n) is 6.55. The van der Waals surface area contributed by atoms with Gasteiger partial charge in [0.1, 0.15) is 5.75 Å². The zero-order chi connectivity index (χ0) is 13.2. The minimum absolute atomic E-state index is 0.442. The number of hydrogen-bond donors (Lipinski definition) is 0. The molecule has 0 spiro atoms. The quantitative estimate of drug-likeness (QED) is 0.834. The highest BCUT2D eigenvalue weighted by Gasteiger charge is 2.26. The van der Waals surface area contributed by atoms with Crippen LogP contribution >= 0.6 is 15.9 Å². The van der Waals surface area contributed by atoms with Crippen molar-refractivity contribution in [3.05, 3.63) is 28.2 Å². The predicted molar refractivity (Wildman–Crippen MR) is 79.0 cm³/mol. The van der Waals surface area contributed by atoms with Crippen LogP contribution in [0.4, 0.5) is 0 Å². The van der Waals surface area contributed by atoms with Gasteiger partial charge in [-0.2, -0.15) is 0 Å². The predicted octanol–water partition coefficient (Wildman–Crippen LogP) is 4.08. The number of ether oxygens (including phenoxy) is 1. The topological polar surface area (TPSA) is 12.5 Å². The lowest BCUT2D eigenvalue weighted by Crippen LogP contribution is -2.39. The standard InChI is InChI=1S/C15H22BrNO/c1-15(2)7-4-8-17(11-15)10-12-9-13(16)5-6-14(12)18-3/h5-6,9H,4,7-8,10-11H2,1-3H3. The van der Waals surface area contributed by atoms with Crippen LogP contribution in [-0.2, 0) is 6.54 Å². The fourth-order valence-corrected chi connectivity index (χ4v) is 3.20. The Morgan fingerprint density at radius 2 is 2.17 bits per heavy atom. The van der Waals surface area contributed by atoms with E-state index >= 15 is 0 Å².